The fraction of sp³-hybridized carbons (Fsp3) is 0.333. The Balaban J connectivity index is 1.39. The number of hydrogen-bond acceptors (Lipinski definition) is 8. The maximum atomic E-state index is 13.0. The summed E-state index contributed by atoms with van der Waals surface area (Å²) in [4.78, 5) is 26.0. The Bertz CT molecular complexity index is 1360. The van der Waals surface area contributed by atoms with Crippen molar-refractivity contribution in [2.75, 3.05) is 38.1 Å². The lowest BCUT2D eigenvalue weighted by molar-refractivity contribution is 0.0933. The van der Waals surface area contributed by atoms with Crippen molar-refractivity contribution >= 4 is 28.0 Å². The van der Waals surface area contributed by atoms with Crippen LogP contribution in [0.4, 0.5) is 10.8 Å². The van der Waals surface area contributed by atoms with Crippen LogP contribution in [0.1, 0.15) is 28.4 Å². The highest BCUT2D eigenvalue weighted by molar-refractivity contribution is 7.89. The van der Waals surface area contributed by atoms with Crippen molar-refractivity contribution in [2.24, 2.45) is 0 Å². The van der Waals surface area contributed by atoms with Crippen LogP contribution in [0.5, 0.6) is 0 Å². The van der Waals surface area contributed by atoms with E-state index >= 15 is 0 Å². The summed E-state index contributed by atoms with van der Waals surface area (Å²) in [5.41, 5.74) is 3.07. The molecule has 11 nitrogen and oxygen atoms in total. The van der Waals surface area contributed by atoms with Crippen LogP contribution in [0.15, 0.2) is 51.8 Å². The van der Waals surface area contributed by atoms with Crippen LogP contribution in [-0.2, 0) is 14.8 Å². The molecular weight excluding hydrogens is 486 g/mol. The van der Waals surface area contributed by atoms with Crippen molar-refractivity contribution in [3.05, 3.63) is 59.2 Å². The van der Waals surface area contributed by atoms with E-state index in [0.29, 0.717) is 0 Å². The van der Waals surface area contributed by atoms with Gasteiger partial charge >= 0.3 is 12.1 Å². The van der Waals surface area contributed by atoms with E-state index in [0.717, 1.165) is 16.7 Å². The molecule has 0 saturated carbocycles. The van der Waals surface area contributed by atoms with Gasteiger partial charge < -0.3 is 14.1 Å². The van der Waals surface area contributed by atoms with Crippen LogP contribution >= 0.6 is 0 Å². The Morgan fingerprint density at radius 2 is 1.72 bits per heavy atom. The van der Waals surface area contributed by atoms with Gasteiger partial charge in [0.05, 0.1) is 11.5 Å². The van der Waals surface area contributed by atoms with E-state index in [-0.39, 0.29) is 55.2 Å². The summed E-state index contributed by atoms with van der Waals surface area (Å²) in [6, 6.07) is 11.3. The SMILES string of the molecule is CCOC(=O)N1CCN(S(=O)(=O)c2ccc(C(=O)Nc3nnc(-c4ccc(C)cc4C)o3)cc2)CC1. The molecule has 2 aromatic carbocycles. The van der Waals surface area contributed by atoms with Gasteiger partial charge in [-0.15, -0.1) is 5.10 Å². The van der Waals surface area contributed by atoms with Crippen LogP contribution in [0.25, 0.3) is 11.5 Å². The molecule has 1 aliphatic rings. The summed E-state index contributed by atoms with van der Waals surface area (Å²) in [6.07, 6.45) is -0.452. The van der Waals surface area contributed by atoms with E-state index in [1.165, 1.54) is 33.5 Å². The normalized spacial score (nSPS) is 14.5. The standard InChI is InChI=1S/C24H27N5O6S/c1-4-34-24(31)28-11-13-29(14-12-28)36(32,33)19-8-6-18(7-9-19)21(30)25-23-27-26-22(35-23)20-10-5-16(2)15-17(20)3/h5-10,15H,4,11-14H2,1-3H3,(H,25,27,30). The lowest BCUT2D eigenvalue weighted by Crippen LogP contribution is -2.50. The maximum Gasteiger partial charge on any atom is 0.409 e. The predicted octanol–water partition coefficient (Wildman–Crippen LogP) is 3.07. The number of anilines is 1. The first kappa shape index (κ1) is 25.3. The number of carbonyl (C=O) groups is 2. The van der Waals surface area contributed by atoms with Crippen LogP contribution in [0, 0.1) is 13.8 Å². The molecule has 1 N–H and O–H groups in total. The quantitative estimate of drug-likeness (QED) is 0.531. The smallest absolute Gasteiger partial charge is 0.409 e. The van der Waals surface area contributed by atoms with Crippen molar-refractivity contribution in [3.63, 3.8) is 0 Å². The van der Waals surface area contributed by atoms with E-state index in [9.17, 15) is 18.0 Å². The monoisotopic (exact) mass is 513 g/mol. The third-order valence-corrected chi connectivity index (χ3v) is 7.69. The maximum absolute atomic E-state index is 13.0. The minimum absolute atomic E-state index is 0.0542. The van der Waals surface area contributed by atoms with Gasteiger partial charge in [0.2, 0.25) is 15.9 Å². The van der Waals surface area contributed by atoms with E-state index in [2.05, 4.69) is 15.5 Å². The first-order valence-electron chi connectivity index (χ1n) is 11.4. The molecule has 1 fully saturated rings. The summed E-state index contributed by atoms with van der Waals surface area (Å²) in [5.74, 6) is -0.231. The summed E-state index contributed by atoms with van der Waals surface area (Å²) in [5, 5.41) is 10.4. The van der Waals surface area contributed by atoms with Gasteiger partial charge in [-0.3, -0.25) is 10.1 Å². The Labute approximate surface area is 209 Å². The van der Waals surface area contributed by atoms with Gasteiger partial charge in [0.25, 0.3) is 5.91 Å². The fourth-order valence-corrected chi connectivity index (χ4v) is 5.28. The minimum atomic E-state index is -3.78. The van der Waals surface area contributed by atoms with Gasteiger partial charge in [-0.2, -0.15) is 4.31 Å². The van der Waals surface area contributed by atoms with Crippen molar-refractivity contribution in [1.29, 1.82) is 0 Å². The van der Waals surface area contributed by atoms with Crippen LogP contribution in [0.3, 0.4) is 0 Å². The molecule has 3 aromatic rings. The average molecular weight is 514 g/mol. The number of carbonyl (C=O) groups excluding carboxylic acids is 2. The molecule has 2 amide bonds. The molecule has 0 radical (unpaired) electrons. The van der Waals surface area contributed by atoms with Gasteiger partial charge in [-0.1, -0.05) is 22.8 Å². The topological polar surface area (TPSA) is 135 Å². The number of sulfonamides is 1. The highest BCUT2D eigenvalue weighted by Gasteiger charge is 2.30. The highest BCUT2D eigenvalue weighted by Crippen LogP contribution is 2.25. The van der Waals surface area contributed by atoms with E-state index in [1.807, 2.05) is 32.0 Å². The number of nitrogens with one attached hydrogen (secondary N) is 1. The van der Waals surface area contributed by atoms with Gasteiger partial charge in [-0.25, -0.2) is 13.2 Å². The van der Waals surface area contributed by atoms with E-state index in [4.69, 9.17) is 9.15 Å². The molecule has 0 spiro atoms. The van der Waals surface area contributed by atoms with Gasteiger partial charge in [0.1, 0.15) is 0 Å². The number of rotatable bonds is 6. The summed E-state index contributed by atoms with van der Waals surface area (Å²) < 4.78 is 37.9. The Hall–Kier alpha value is -3.77. The first-order chi connectivity index (χ1) is 17.2. The molecule has 12 heteroatoms. The number of benzene rings is 2. The molecule has 1 saturated heterocycles. The molecule has 36 heavy (non-hydrogen) atoms. The number of nitrogens with zero attached hydrogens (tertiary/aromatic N) is 4. The zero-order chi connectivity index (χ0) is 25.9. The van der Waals surface area contributed by atoms with Crippen molar-refractivity contribution in [2.45, 2.75) is 25.7 Å². The van der Waals surface area contributed by atoms with Crippen LogP contribution in [0.2, 0.25) is 0 Å². The Morgan fingerprint density at radius 3 is 2.36 bits per heavy atom. The van der Waals surface area contributed by atoms with Gasteiger partial charge in [0, 0.05) is 37.3 Å². The molecule has 1 aliphatic heterocycles. The van der Waals surface area contributed by atoms with Gasteiger partial charge in [-0.05, 0) is 56.7 Å². The molecule has 4 rings (SSSR count). The third-order valence-electron chi connectivity index (χ3n) is 5.78. The average Bonchev–Trinajstić information content (AvgIpc) is 3.32. The first-order valence-corrected chi connectivity index (χ1v) is 12.9. The minimum Gasteiger partial charge on any atom is -0.450 e. The third kappa shape index (κ3) is 5.39. The molecule has 2 heterocycles. The van der Waals surface area contributed by atoms with Crippen LogP contribution < -0.4 is 5.32 Å². The highest BCUT2D eigenvalue weighted by atomic mass is 32.2. The molecule has 0 atom stereocenters. The number of ether oxygens (including phenoxy) is 1. The van der Waals surface area contributed by atoms with Crippen molar-refractivity contribution in [3.8, 4) is 11.5 Å². The molecule has 0 aliphatic carbocycles. The number of hydrogen-bond donors (Lipinski definition) is 1. The second-order valence-electron chi connectivity index (χ2n) is 8.30. The zero-order valence-corrected chi connectivity index (χ0v) is 21.0. The summed E-state index contributed by atoms with van der Waals surface area (Å²) >= 11 is 0. The number of aryl methyl sites for hydroxylation is 2. The summed E-state index contributed by atoms with van der Waals surface area (Å²) in [7, 11) is -3.78. The van der Waals surface area contributed by atoms with Crippen LogP contribution in [-0.4, -0.2) is 72.6 Å². The van der Waals surface area contributed by atoms with Crippen molar-refractivity contribution in [1.82, 2.24) is 19.4 Å². The Morgan fingerprint density at radius 1 is 1.03 bits per heavy atom. The largest absolute Gasteiger partial charge is 0.450 e. The van der Waals surface area contributed by atoms with Gasteiger partial charge in [0.15, 0.2) is 0 Å². The zero-order valence-electron chi connectivity index (χ0n) is 20.2. The second kappa shape index (κ2) is 10.5. The molecule has 0 unspecified atom stereocenters. The molecule has 1 aromatic heterocycles. The summed E-state index contributed by atoms with van der Waals surface area (Å²) in [6.45, 7) is 6.69. The van der Waals surface area contributed by atoms with E-state index < -0.39 is 22.0 Å². The second-order valence-corrected chi connectivity index (χ2v) is 10.2. The van der Waals surface area contributed by atoms with E-state index in [1.54, 1.807) is 6.92 Å². The number of amides is 2. The fourth-order valence-electron chi connectivity index (χ4n) is 3.86. The lowest BCUT2D eigenvalue weighted by Gasteiger charge is -2.33. The predicted molar refractivity (Wildman–Crippen MR) is 131 cm³/mol. The lowest BCUT2D eigenvalue weighted by atomic mass is 10.1. The Kier molecular flexibility index (Phi) is 7.36. The number of piperazine rings is 1. The van der Waals surface area contributed by atoms with Crippen molar-refractivity contribution < 1.29 is 27.2 Å². The molecule has 0 bridgehead atoms. The molecule has 190 valence electrons. The molecular formula is C24H27N5O6S. The number of aromatic nitrogens is 2.